The molecule has 1 unspecified atom stereocenters. The Morgan fingerprint density at radius 1 is 1.44 bits per heavy atom. The van der Waals surface area contributed by atoms with Crippen LogP contribution < -0.4 is 5.32 Å². The molecule has 1 heterocycles. The number of carbonyl (C=O) groups is 1. The van der Waals surface area contributed by atoms with E-state index in [1.165, 1.54) is 0 Å². The number of nitrogens with zero attached hydrogens (tertiary/aromatic N) is 1. The van der Waals surface area contributed by atoms with E-state index in [-0.39, 0.29) is 11.6 Å². The molecule has 3 heteroatoms. The van der Waals surface area contributed by atoms with Crippen LogP contribution in [0.15, 0.2) is 0 Å². The maximum atomic E-state index is 12.3. The topological polar surface area (TPSA) is 32.3 Å². The molecular formula is C13H26N2O. The van der Waals surface area contributed by atoms with Gasteiger partial charge < -0.3 is 10.2 Å². The Morgan fingerprint density at radius 2 is 2.12 bits per heavy atom. The average Bonchev–Trinajstić information content (AvgIpc) is 2.21. The van der Waals surface area contributed by atoms with Crippen LogP contribution in [0.5, 0.6) is 0 Å². The van der Waals surface area contributed by atoms with E-state index in [0.717, 1.165) is 38.8 Å². The van der Waals surface area contributed by atoms with Gasteiger partial charge in [0.2, 0.25) is 5.91 Å². The zero-order chi connectivity index (χ0) is 12.2. The molecule has 3 nitrogen and oxygen atoms in total. The Labute approximate surface area is 99.6 Å². The van der Waals surface area contributed by atoms with Gasteiger partial charge in [0.15, 0.2) is 0 Å². The lowest BCUT2D eigenvalue weighted by Crippen LogP contribution is -2.57. The highest BCUT2D eigenvalue weighted by atomic mass is 16.2. The van der Waals surface area contributed by atoms with E-state index in [4.69, 9.17) is 0 Å². The Morgan fingerprint density at radius 3 is 2.69 bits per heavy atom. The second-order valence-electron chi connectivity index (χ2n) is 5.30. The first kappa shape index (κ1) is 13.5. The summed E-state index contributed by atoms with van der Waals surface area (Å²) < 4.78 is 0. The van der Waals surface area contributed by atoms with Crippen molar-refractivity contribution in [3.8, 4) is 0 Å². The van der Waals surface area contributed by atoms with Gasteiger partial charge in [-0.1, -0.05) is 20.3 Å². The van der Waals surface area contributed by atoms with Gasteiger partial charge in [0.1, 0.15) is 0 Å². The summed E-state index contributed by atoms with van der Waals surface area (Å²) in [5.41, 5.74) is 0.0138. The van der Waals surface area contributed by atoms with Crippen LogP contribution >= 0.6 is 0 Å². The van der Waals surface area contributed by atoms with Crippen molar-refractivity contribution in [2.24, 2.45) is 0 Å². The molecule has 1 aliphatic rings. The predicted octanol–water partition coefficient (Wildman–Crippen LogP) is 2.17. The van der Waals surface area contributed by atoms with Crippen LogP contribution in [-0.2, 0) is 4.79 Å². The molecule has 0 saturated carbocycles. The molecular weight excluding hydrogens is 200 g/mol. The molecule has 1 atom stereocenters. The third kappa shape index (κ3) is 2.97. The Bertz CT molecular complexity index is 236. The van der Waals surface area contributed by atoms with Crippen molar-refractivity contribution in [3.63, 3.8) is 0 Å². The van der Waals surface area contributed by atoms with Crippen molar-refractivity contribution >= 4 is 5.91 Å². The zero-order valence-corrected chi connectivity index (χ0v) is 11.2. The first-order valence-corrected chi connectivity index (χ1v) is 6.57. The molecule has 0 aromatic heterocycles. The smallest absolute Gasteiger partial charge is 0.240 e. The Hall–Kier alpha value is -0.570. The summed E-state index contributed by atoms with van der Waals surface area (Å²) in [6.45, 7) is 10.4. The van der Waals surface area contributed by atoms with Gasteiger partial charge >= 0.3 is 0 Å². The van der Waals surface area contributed by atoms with Gasteiger partial charge in [0, 0.05) is 12.1 Å². The maximum Gasteiger partial charge on any atom is 0.240 e. The highest BCUT2D eigenvalue weighted by Gasteiger charge is 2.36. The highest BCUT2D eigenvalue weighted by Crippen LogP contribution is 2.25. The number of hydrogen-bond acceptors (Lipinski definition) is 2. The van der Waals surface area contributed by atoms with Crippen LogP contribution in [0, 0.1) is 0 Å². The number of piperidine rings is 1. The third-order valence-corrected chi connectivity index (χ3v) is 3.48. The van der Waals surface area contributed by atoms with Gasteiger partial charge in [-0.05, 0) is 39.7 Å². The van der Waals surface area contributed by atoms with Gasteiger partial charge in [-0.2, -0.15) is 0 Å². The minimum absolute atomic E-state index is 0.0138. The van der Waals surface area contributed by atoms with E-state index in [1.54, 1.807) is 0 Å². The van der Waals surface area contributed by atoms with E-state index in [2.05, 4.69) is 37.9 Å². The lowest BCUT2D eigenvalue weighted by Gasteiger charge is -2.43. The van der Waals surface area contributed by atoms with Crippen LogP contribution in [0.1, 0.15) is 53.4 Å². The number of amides is 1. The van der Waals surface area contributed by atoms with Crippen LogP contribution in [0.3, 0.4) is 0 Å². The molecule has 1 aliphatic heterocycles. The first-order valence-electron chi connectivity index (χ1n) is 6.57. The van der Waals surface area contributed by atoms with Crippen molar-refractivity contribution in [2.45, 2.75) is 65.0 Å². The van der Waals surface area contributed by atoms with Crippen molar-refractivity contribution in [3.05, 3.63) is 0 Å². The molecule has 16 heavy (non-hydrogen) atoms. The maximum absolute atomic E-state index is 12.3. The van der Waals surface area contributed by atoms with Crippen LogP contribution in [0.25, 0.3) is 0 Å². The Balaban J connectivity index is 2.69. The van der Waals surface area contributed by atoms with Gasteiger partial charge in [-0.25, -0.2) is 0 Å². The zero-order valence-electron chi connectivity index (χ0n) is 11.2. The van der Waals surface area contributed by atoms with E-state index in [9.17, 15) is 4.79 Å². The molecule has 94 valence electrons. The summed E-state index contributed by atoms with van der Waals surface area (Å²) in [5.74, 6) is 0.298. The second kappa shape index (κ2) is 5.67. The molecule has 0 aliphatic carbocycles. The number of nitrogens with one attached hydrogen (secondary N) is 1. The van der Waals surface area contributed by atoms with Crippen molar-refractivity contribution in [2.75, 3.05) is 13.1 Å². The fourth-order valence-corrected chi connectivity index (χ4v) is 2.66. The number of carbonyl (C=O) groups excluding carboxylic acids is 1. The summed E-state index contributed by atoms with van der Waals surface area (Å²) >= 11 is 0. The van der Waals surface area contributed by atoms with Crippen molar-refractivity contribution in [1.29, 1.82) is 0 Å². The SMILES string of the molecule is CCCC(C)(C)N1CCCC(NCC)C1=O. The van der Waals surface area contributed by atoms with Gasteiger partial charge in [-0.3, -0.25) is 4.79 Å². The van der Waals surface area contributed by atoms with Crippen molar-refractivity contribution in [1.82, 2.24) is 10.2 Å². The average molecular weight is 226 g/mol. The quantitative estimate of drug-likeness (QED) is 0.779. The minimum atomic E-state index is 0.0138. The van der Waals surface area contributed by atoms with Gasteiger partial charge in [0.25, 0.3) is 0 Å². The van der Waals surface area contributed by atoms with Gasteiger partial charge in [0.05, 0.1) is 6.04 Å². The molecule has 1 rings (SSSR count). The minimum Gasteiger partial charge on any atom is -0.336 e. The standard InChI is InChI=1S/C13H26N2O/c1-5-9-13(3,4)15-10-7-8-11(12(15)16)14-6-2/h11,14H,5-10H2,1-4H3. The molecule has 0 spiro atoms. The lowest BCUT2D eigenvalue weighted by molar-refractivity contribution is -0.142. The van der Waals surface area contributed by atoms with E-state index in [1.807, 2.05) is 0 Å². The van der Waals surface area contributed by atoms with E-state index < -0.39 is 0 Å². The summed E-state index contributed by atoms with van der Waals surface area (Å²) in [7, 11) is 0. The molecule has 0 aromatic rings. The van der Waals surface area contributed by atoms with Crippen LogP contribution in [0.4, 0.5) is 0 Å². The molecule has 0 aromatic carbocycles. The molecule has 0 bridgehead atoms. The summed E-state index contributed by atoms with van der Waals surface area (Å²) in [4.78, 5) is 14.4. The van der Waals surface area contributed by atoms with Crippen LogP contribution in [0.2, 0.25) is 0 Å². The molecule has 1 N–H and O–H groups in total. The summed E-state index contributed by atoms with van der Waals surface area (Å²) in [6, 6.07) is 0.0508. The predicted molar refractivity (Wildman–Crippen MR) is 67.4 cm³/mol. The fraction of sp³-hybridized carbons (Fsp3) is 0.923. The molecule has 1 amide bonds. The highest BCUT2D eigenvalue weighted by molar-refractivity contribution is 5.83. The summed E-state index contributed by atoms with van der Waals surface area (Å²) in [5, 5.41) is 3.29. The van der Waals surface area contributed by atoms with Crippen molar-refractivity contribution < 1.29 is 4.79 Å². The second-order valence-corrected chi connectivity index (χ2v) is 5.30. The van der Waals surface area contributed by atoms with Crippen LogP contribution in [-0.4, -0.2) is 35.5 Å². The first-order chi connectivity index (χ1) is 7.53. The normalized spacial score (nSPS) is 22.6. The van der Waals surface area contributed by atoms with E-state index >= 15 is 0 Å². The number of rotatable bonds is 5. The largest absolute Gasteiger partial charge is 0.336 e. The molecule has 0 radical (unpaired) electrons. The lowest BCUT2D eigenvalue weighted by atomic mass is 9.92. The molecule has 1 fully saturated rings. The monoisotopic (exact) mass is 226 g/mol. The molecule has 1 saturated heterocycles. The third-order valence-electron chi connectivity index (χ3n) is 3.48. The van der Waals surface area contributed by atoms with Gasteiger partial charge in [-0.15, -0.1) is 0 Å². The number of likely N-dealkylation sites (tertiary alicyclic amines) is 1. The van der Waals surface area contributed by atoms with E-state index in [0.29, 0.717) is 5.91 Å². The fourth-order valence-electron chi connectivity index (χ4n) is 2.66. The number of hydrogen-bond donors (Lipinski definition) is 1. The number of likely N-dealkylation sites (N-methyl/N-ethyl adjacent to an activating group) is 1. The summed E-state index contributed by atoms with van der Waals surface area (Å²) in [6.07, 6.45) is 4.32. The Kier molecular flexibility index (Phi) is 4.78.